The van der Waals surface area contributed by atoms with Gasteiger partial charge < -0.3 is 40.2 Å². The molecule has 0 bridgehead atoms. The summed E-state index contributed by atoms with van der Waals surface area (Å²) >= 11 is 0. The summed E-state index contributed by atoms with van der Waals surface area (Å²) in [6, 6.07) is 0. The predicted molar refractivity (Wildman–Crippen MR) is 95.4 cm³/mol. The molecule has 168 valence electrons. The second-order valence-corrected chi connectivity index (χ2v) is 6.94. The Bertz CT molecular complexity index is 781. The molecule has 0 radical (unpaired) electrons. The molecule has 1 aliphatic heterocycles. The lowest BCUT2D eigenvalue weighted by Crippen LogP contribution is -2.41. The number of carbonyl (C=O) groups is 4. The number of phosphoric ester groups is 1. The SMILES string of the molecule is NC(=O)C(=O)CCC=O.O=C(Nc1ncc[nH]1)C1O[C@H](CO)[C@@H](O)[C@H]1OP(=O)(O)O. The fourth-order valence-electron chi connectivity index (χ4n) is 2.21. The number of ether oxygens (including phenoxy) is 1. The maximum Gasteiger partial charge on any atom is 0.470 e. The van der Waals surface area contributed by atoms with Crippen LogP contribution < -0.4 is 11.1 Å². The van der Waals surface area contributed by atoms with Crippen LogP contribution in [0, 0.1) is 0 Å². The van der Waals surface area contributed by atoms with Crippen LogP contribution in [0.3, 0.4) is 0 Å². The molecule has 0 aromatic carbocycles. The molecule has 0 saturated carbocycles. The van der Waals surface area contributed by atoms with Crippen molar-refractivity contribution in [2.24, 2.45) is 5.73 Å². The molecule has 1 unspecified atom stereocenters. The number of aldehydes is 1. The van der Waals surface area contributed by atoms with Crippen molar-refractivity contribution in [1.82, 2.24) is 9.97 Å². The highest BCUT2D eigenvalue weighted by molar-refractivity contribution is 7.46. The Hall–Kier alpha value is -2.52. The summed E-state index contributed by atoms with van der Waals surface area (Å²) in [5.74, 6) is -2.42. The van der Waals surface area contributed by atoms with Crippen LogP contribution in [0.1, 0.15) is 12.8 Å². The van der Waals surface area contributed by atoms with Crippen LogP contribution in [0.4, 0.5) is 5.95 Å². The highest BCUT2D eigenvalue weighted by atomic mass is 31.2. The van der Waals surface area contributed by atoms with E-state index in [2.05, 4.69) is 25.5 Å². The number of H-pyrrole nitrogens is 1. The summed E-state index contributed by atoms with van der Waals surface area (Å²) in [5.41, 5.74) is 4.57. The van der Waals surface area contributed by atoms with E-state index in [9.17, 15) is 28.8 Å². The minimum atomic E-state index is -4.96. The number of aromatic nitrogens is 2. The van der Waals surface area contributed by atoms with E-state index in [1.165, 1.54) is 12.4 Å². The number of hydrogen-bond acceptors (Lipinski definition) is 10. The number of nitrogens with zero attached hydrogens (tertiary/aromatic N) is 1. The number of anilines is 1. The predicted octanol–water partition coefficient (Wildman–Crippen LogP) is -3.03. The van der Waals surface area contributed by atoms with Gasteiger partial charge in [0.15, 0.2) is 6.10 Å². The molecule has 8 N–H and O–H groups in total. The Morgan fingerprint density at radius 1 is 1.40 bits per heavy atom. The molecule has 1 aromatic heterocycles. The number of aliphatic hydroxyl groups is 2. The summed E-state index contributed by atoms with van der Waals surface area (Å²) in [4.78, 5) is 65.8. The van der Waals surface area contributed by atoms with Crippen molar-refractivity contribution < 1.29 is 53.0 Å². The highest BCUT2D eigenvalue weighted by Gasteiger charge is 2.50. The Kier molecular flexibility index (Phi) is 9.88. The average Bonchev–Trinajstić information content (AvgIpc) is 3.27. The van der Waals surface area contributed by atoms with E-state index in [1.54, 1.807) is 0 Å². The smallest absolute Gasteiger partial charge is 0.394 e. The third kappa shape index (κ3) is 8.08. The second-order valence-electron chi connectivity index (χ2n) is 5.75. The fourth-order valence-corrected chi connectivity index (χ4v) is 2.76. The number of carbonyl (C=O) groups excluding carboxylic acids is 4. The van der Waals surface area contributed by atoms with E-state index < -0.39 is 56.4 Å². The molecule has 30 heavy (non-hydrogen) atoms. The summed E-state index contributed by atoms with van der Waals surface area (Å²) < 4.78 is 20.4. The molecule has 1 aliphatic rings. The number of amides is 2. The van der Waals surface area contributed by atoms with Gasteiger partial charge in [0, 0.05) is 25.2 Å². The monoisotopic (exact) mass is 452 g/mol. The van der Waals surface area contributed by atoms with Gasteiger partial charge in [-0.3, -0.25) is 24.2 Å². The van der Waals surface area contributed by atoms with Crippen LogP contribution in [-0.4, -0.2) is 84.9 Å². The van der Waals surface area contributed by atoms with Gasteiger partial charge in [0.2, 0.25) is 11.7 Å². The zero-order valence-electron chi connectivity index (χ0n) is 15.3. The van der Waals surface area contributed by atoms with Crippen LogP contribution >= 0.6 is 7.82 Å². The number of phosphoric acid groups is 1. The quantitative estimate of drug-likeness (QED) is 0.112. The third-order valence-electron chi connectivity index (χ3n) is 3.54. The Balaban J connectivity index is 0.000000424. The van der Waals surface area contributed by atoms with Crippen molar-refractivity contribution in [2.45, 2.75) is 37.3 Å². The second kappa shape index (κ2) is 11.6. The molecule has 4 atom stereocenters. The lowest BCUT2D eigenvalue weighted by molar-refractivity contribution is -0.136. The molecule has 2 amide bonds. The van der Waals surface area contributed by atoms with Gasteiger partial charge in [-0.05, 0) is 0 Å². The first-order valence-electron chi connectivity index (χ1n) is 8.25. The largest absolute Gasteiger partial charge is 0.470 e. The fraction of sp³-hybridized carbons (Fsp3) is 0.500. The minimum absolute atomic E-state index is 0.0706. The van der Waals surface area contributed by atoms with E-state index in [1.807, 2.05) is 0 Å². The van der Waals surface area contributed by atoms with Crippen molar-refractivity contribution in [1.29, 1.82) is 0 Å². The number of rotatable bonds is 9. The highest BCUT2D eigenvalue weighted by Crippen LogP contribution is 2.42. The molecule has 16 heteroatoms. The van der Waals surface area contributed by atoms with Crippen LogP contribution in [-0.2, 0) is 33.0 Å². The molecular formula is C14H21N4O11P. The number of aromatic amines is 1. The topological polar surface area (TPSA) is 251 Å². The summed E-state index contributed by atoms with van der Waals surface area (Å²) in [7, 11) is -4.96. The van der Waals surface area contributed by atoms with Gasteiger partial charge in [0.25, 0.3) is 11.8 Å². The van der Waals surface area contributed by atoms with E-state index in [0.29, 0.717) is 6.29 Å². The number of hydrogen-bond donors (Lipinski definition) is 7. The van der Waals surface area contributed by atoms with E-state index in [-0.39, 0.29) is 18.8 Å². The first kappa shape index (κ1) is 25.5. The number of imidazole rings is 1. The first-order valence-corrected chi connectivity index (χ1v) is 9.78. The molecule has 0 spiro atoms. The normalized spacial score (nSPS) is 23.2. The van der Waals surface area contributed by atoms with Gasteiger partial charge in [0.1, 0.15) is 24.6 Å². The molecular weight excluding hydrogens is 431 g/mol. The Labute approximate surface area is 168 Å². The average molecular weight is 452 g/mol. The lowest BCUT2D eigenvalue weighted by atomic mass is 10.1. The summed E-state index contributed by atoms with van der Waals surface area (Å²) in [6.07, 6.45) is -2.53. The van der Waals surface area contributed by atoms with Crippen molar-refractivity contribution >= 4 is 37.7 Å². The molecule has 2 rings (SSSR count). The van der Waals surface area contributed by atoms with Crippen molar-refractivity contribution in [3.63, 3.8) is 0 Å². The van der Waals surface area contributed by atoms with Gasteiger partial charge in [-0.15, -0.1) is 0 Å². The third-order valence-corrected chi connectivity index (χ3v) is 4.06. The number of primary amides is 1. The Morgan fingerprint density at radius 3 is 2.53 bits per heavy atom. The van der Waals surface area contributed by atoms with Crippen LogP contribution in [0.2, 0.25) is 0 Å². The zero-order valence-corrected chi connectivity index (χ0v) is 16.2. The standard InChI is InChI=1S/C9H14N3O8P.C5H7NO3/c13-3-4-5(14)6(20-21(16,17)18)7(19-4)8(15)12-9-10-1-2-11-9;6-5(9)4(8)2-1-3-7/h1-2,4-7,13-14H,3H2,(H2,16,17,18)(H2,10,11,12,15);3H,1-2H2,(H2,6,9)/t4-,5-,6-,7?;/m1./s1. The maximum absolute atomic E-state index is 12.0. The number of nitrogens with one attached hydrogen (secondary N) is 2. The van der Waals surface area contributed by atoms with Crippen molar-refractivity contribution in [3.8, 4) is 0 Å². The molecule has 1 fully saturated rings. The van der Waals surface area contributed by atoms with Gasteiger partial charge in [-0.1, -0.05) is 0 Å². The van der Waals surface area contributed by atoms with Gasteiger partial charge in [0.05, 0.1) is 6.61 Å². The number of Topliss-reactive ketones (excluding diaryl/α,β-unsaturated/α-hetero) is 1. The maximum atomic E-state index is 12.0. The van der Waals surface area contributed by atoms with Crippen molar-refractivity contribution in [3.05, 3.63) is 12.4 Å². The molecule has 1 saturated heterocycles. The number of ketones is 1. The lowest BCUT2D eigenvalue weighted by Gasteiger charge is -2.20. The zero-order chi connectivity index (χ0) is 22.9. The van der Waals surface area contributed by atoms with E-state index >= 15 is 0 Å². The first-order chi connectivity index (χ1) is 14.0. The van der Waals surface area contributed by atoms with Gasteiger partial charge >= 0.3 is 7.82 Å². The summed E-state index contributed by atoms with van der Waals surface area (Å²) in [6.45, 7) is -0.646. The van der Waals surface area contributed by atoms with Crippen LogP contribution in [0.25, 0.3) is 0 Å². The number of nitrogens with two attached hydrogens (primary N) is 1. The molecule has 0 aliphatic carbocycles. The van der Waals surface area contributed by atoms with Gasteiger partial charge in [-0.25, -0.2) is 9.55 Å². The van der Waals surface area contributed by atoms with E-state index in [4.69, 9.17) is 19.6 Å². The number of aliphatic hydroxyl groups excluding tert-OH is 2. The molecule has 2 heterocycles. The Morgan fingerprint density at radius 2 is 2.07 bits per heavy atom. The van der Waals surface area contributed by atoms with Crippen molar-refractivity contribution in [2.75, 3.05) is 11.9 Å². The molecule has 15 nitrogen and oxygen atoms in total. The van der Waals surface area contributed by atoms with Crippen LogP contribution in [0.15, 0.2) is 12.4 Å². The minimum Gasteiger partial charge on any atom is -0.394 e. The van der Waals surface area contributed by atoms with E-state index in [0.717, 1.165) is 0 Å². The van der Waals surface area contributed by atoms with Crippen LogP contribution in [0.5, 0.6) is 0 Å². The molecule has 1 aromatic rings. The summed E-state index contributed by atoms with van der Waals surface area (Å²) in [5, 5.41) is 21.1. The van der Waals surface area contributed by atoms with Gasteiger partial charge in [-0.2, -0.15) is 0 Å².